The summed E-state index contributed by atoms with van der Waals surface area (Å²) in [4.78, 5) is 189. The lowest BCUT2D eigenvalue weighted by molar-refractivity contribution is -0.150. The summed E-state index contributed by atoms with van der Waals surface area (Å²) in [6.45, 7) is 18.7. The molecule has 0 bridgehead atoms. The molecule has 12 atom stereocenters. The third kappa shape index (κ3) is 24.8. The molecule has 2 aliphatic rings. The van der Waals surface area contributed by atoms with Crippen LogP contribution in [0.5, 0.6) is 5.75 Å². The number of methoxy groups -OCH3 is 1. The number of nitrogens with one attached hydrogen (secondary N) is 5. The van der Waals surface area contributed by atoms with Crippen molar-refractivity contribution in [3.05, 3.63) is 64.2 Å². The highest BCUT2D eigenvalue weighted by molar-refractivity contribution is 6.30. The maximum absolute atomic E-state index is 15.6. The van der Waals surface area contributed by atoms with E-state index < -0.39 is 163 Å². The number of carbonyl (C=O) groups is 12. The molecular weight excluding hydrogens is 1360 g/mol. The number of benzene rings is 2. The van der Waals surface area contributed by atoms with Crippen molar-refractivity contribution in [1.29, 1.82) is 0 Å². The molecule has 2 saturated heterocycles. The van der Waals surface area contributed by atoms with Crippen LogP contribution in [0.1, 0.15) is 157 Å². The van der Waals surface area contributed by atoms with Gasteiger partial charge in [-0.3, -0.25) is 57.5 Å². The van der Waals surface area contributed by atoms with Gasteiger partial charge in [0.15, 0.2) is 6.23 Å². The molecule has 2 aromatic rings. The van der Waals surface area contributed by atoms with Crippen LogP contribution in [0.25, 0.3) is 0 Å². The molecule has 0 radical (unpaired) electrons. The Hall–Kier alpha value is -7.99. The number of likely N-dealkylation sites (N-methyl/N-ethyl adjacent to an activating group) is 7. The van der Waals surface area contributed by atoms with E-state index in [1.54, 1.807) is 41.6 Å². The van der Waals surface area contributed by atoms with Crippen molar-refractivity contribution in [2.24, 2.45) is 29.6 Å². The van der Waals surface area contributed by atoms with Crippen LogP contribution in [0.2, 0.25) is 5.02 Å². The highest BCUT2D eigenvalue weighted by atomic mass is 35.5. The van der Waals surface area contributed by atoms with Crippen molar-refractivity contribution in [2.45, 2.75) is 213 Å². The average Bonchev–Trinajstić information content (AvgIpc) is 0.818. The highest BCUT2D eigenvalue weighted by Crippen LogP contribution is 2.28. The number of rotatable bonds is 19. The Morgan fingerprint density at radius 1 is 0.538 bits per heavy atom. The molecule has 29 nitrogen and oxygen atoms in total. The van der Waals surface area contributed by atoms with Crippen LogP contribution in [-0.4, -0.2) is 269 Å². The number of hydrogen-bond acceptors (Lipinski definition) is 17. The van der Waals surface area contributed by atoms with Gasteiger partial charge in [0, 0.05) is 85.9 Å². The van der Waals surface area contributed by atoms with Crippen molar-refractivity contribution in [1.82, 2.24) is 65.9 Å². The predicted octanol–water partition coefficient (Wildman–Crippen LogP) is 3.12. The number of hydrogen-bond donors (Lipinski definition) is 8. The van der Waals surface area contributed by atoms with Crippen molar-refractivity contribution >= 4 is 82.5 Å². The second kappa shape index (κ2) is 41.1. The maximum atomic E-state index is 15.6. The molecule has 2 unspecified atom stereocenters. The van der Waals surface area contributed by atoms with E-state index in [0.717, 1.165) is 26.0 Å². The van der Waals surface area contributed by atoms with Gasteiger partial charge in [0.2, 0.25) is 70.9 Å². The smallest absolute Gasteiger partial charge is 0.248 e. The lowest BCUT2D eigenvalue weighted by Crippen LogP contribution is -2.62. The summed E-state index contributed by atoms with van der Waals surface area (Å²) < 4.78 is 5.58. The number of halogens is 1. The number of amides is 12. The molecule has 0 saturated carbocycles. The number of nitrogens with zero attached hydrogens (tertiary/aromatic N) is 8. The quantitative estimate of drug-likeness (QED) is 0.0740. The van der Waals surface area contributed by atoms with Gasteiger partial charge < -0.3 is 80.6 Å². The fraction of sp³-hybridized carbons (Fsp3) is 0.676. The zero-order valence-electron chi connectivity index (χ0n) is 64.5. The standard InChI is InChI=1S/C74H118ClN13O16/c1-20-46(10)63-74(102)87(18)57(34-45(8)9)69(97)79-64(47(11)89)73(101)82(13)41-62(92)84(15)58(37-48-25-24-26-50(75)35-48)72(100)86(17)56(33-44(6)7)67(95)76-52(36-49-27-28-51(65(93)80-103)59(38-49)104-19)70(98)85(16)55(32-43(4)5)66(94)77-53(71(99)88-29-22-21-23-30-88)39-60(90)81(12)40-61(91)83(14)54(31-42(2)3)68(96)78-63/h24-28,35,38,42-47,52-58,63-65,80,89,93,103H,20-23,29-34,36-37,39-41H2,1-19H3,(H,76,95)(H,77,94)(H,78,96)(H,79,97)/t46-,47+,52-,53-,54-,55-,56-,57?,58-,63-,64-,65?/m0/s1. The van der Waals surface area contributed by atoms with E-state index in [9.17, 15) is 53.8 Å². The Bertz CT molecular complexity index is 3290. The summed E-state index contributed by atoms with van der Waals surface area (Å²) in [5.41, 5.74) is 2.72. The molecule has 0 spiro atoms. The Morgan fingerprint density at radius 3 is 1.49 bits per heavy atom. The van der Waals surface area contributed by atoms with Crippen LogP contribution in [0.3, 0.4) is 0 Å². The van der Waals surface area contributed by atoms with E-state index in [-0.39, 0.29) is 73.5 Å². The summed E-state index contributed by atoms with van der Waals surface area (Å²) in [5, 5.41) is 43.1. The van der Waals surface area contributed by atoms with Crippen LogP contribution >= 0.6 is 11.6 Å². The molecule has 2 fully saturated rings. The predicted molar refractivity (Wildman–Crippen MR) is 392 cm³/mol. The van der Waals surface area contributed by atoms with E-state index in [2.05, 4.69) is 21.3 Å². The van der Waals surface area contributed by atoms with Crippen LogP contribution in [0.15, 0.2) is 42.5 Å². The minimum atomic E-state index is -1.70. The summed E-state index contributed by atoms with van der Waals surface area (Å²) in [5.74, 6) is -10.7. The van der Waals surface area contributed by atoms with Gasteiger partial charge in [-0.15, -0.1) is 0 Å². The number of aliphatic hydroxyl groups is 2. The van der Waals surface area contributed by atoms with Crippen LogP contribution < -0.4 is 31.5 Å². The summed E-state index contributed by atoms with van der Waals surface area (Å²) in [6.07, 6.45) is -1.70. The maximum Gasteiger partial charge on any atom is 0.248 e. The summed E-state index contributed by atoms with van der Waals surface area (Å²) >= 11 is 6.49. The molecule has 0 aliphatic carbocycles. The number of aliphatic hydroxyl groups excluding tert-OH is 2. The Balaban J connectivity index is 2.02. The van der Waals surface area contributed by atoms with E-state index in [1.807, 2.05) is 62.3 Å². The summed E-state index contributed by atoms with van der Waals surface area (Å²) in [7, 11) is 10.8. The number of piperidine rings is 1. The largest absolute Gasteiger partial charge is 0.496 e. The molecule has 2 aromatic carbocycles. The molecular formula is C74H118ClN13O16. The van der Waals surface area contributed by atoms with Crippen molar-refractivity contribution in [3.8, 4) is 5.75 Å². The minimum Gasteiger partial charge on any atom is -0.496 e. The molecule has 8 N–H and O–H groups in total. The van der Waals surface area contributed by atoms with E-state index in [0.29, 0.717) is 48.5 Å². The first-order valence-corrected chi connectivity index (χ1v) is 36.5. The second-order valence-corrected chi connectivity index (χ2v) is 30.3. The molecule has 0 aromatic heterocycles. The van der Waals surface area contributed by atoms with Gasteiger partial charge in [-0.1, -0.05) is 112 Å². The fourth-order valence-corrected chi connectivity index (χ4v) is 13.2. The van der Waals surface area contributed by atoms with E-state index in [1.165, 1.54) is 96.3 Å². The van der Waals surface area contributed by atoms with E-state index >= 15 is 19.2 Å². The second-order valence-electron chi connectivity index (χ2n) is 29.9. The Labute approximate surface area is 619 Å². The van der Waals surface area contributed by atoms with Crippen molar-refractivity contribution in [2.75, 3.05) is 82.6 Å². The topological polar surface area (TPSA) is 361 Å². The minimum absolute atomic E-state index is 0.00945. The molecule has 104 heavy (non-hydrogen) atoms. The highest BCUT2D eigenvalue weighted by Gasteiger charge is 2.44. The Morgan fingerprint density at radius 2 is 1.00 bits per heavy atom. The Kier molecular flexibility index (Phi) is 34.9. The van der Waals surface area contributed by atoms with Gasteiger partial charge in [-0.05, 0) is 111 Å². The molecule has 4 rings (SSSR count). The monoisotopic (exact) mass is 1480 g/mol. The SMILES string of the molecule is CC[C@H](C)[C@@H]1NC(=O)[C@H](CC(C)C)N(C)C(=O)CN(C)C(=O)C[C@@H](C(=O)N2CCCCC2)NC(=O)[C@H](CC(C)C)N(C)C(=O)[C@H](Cc2ccc(C(O)NO)c(OC)c2)NC(=O)[C@H](CC(C)C)N(C)C(=O)[C@H](Cc2cccc(Cl)c2)N(C)C(=O)CN(C)C(=O)[C@H]([C@@H](C)O)NC(=O)C(CC(C)C)N(C)C1=O. The van der Waals surface area contributed by atoms with Gasteiger partial charge in [-0.2, -0.15) is 5.48 Å². The number of hydroxylamine groups is 1. The van der Waals surface area contributed by atoms with Gasteiger partial charge in [0.1, 0.15) is 60.1 Å². The normalized spacial score (nSPS) is 24.5. The lowest BCUT2D eigenvalue weighted by Gasteiger charge is -2.37. The first kappa shape index (κ1) is 88.4. The molecule has 30 heteroatoms. The first-order chi connectivity index (χ1) is 48.7. The lowest BCUT2D eigenvalue weighted by atomic mass is 9.94. The van der Waals surface area contributed by atoms with Crippen molar-refractivity contribution in [3.63, 3.8) is 0 Å². The van der Waals surface area contributed by atoms with E-state index in [4.69, 9.17) is 16.3 Å². The number of likely N-dealkylation sites (tertiary alicyclic amines) is 1. The van der Waals surface area contributed by atoms with Crippen LogP contribution in [-0.2, 0) is 70.4 Å². The summed E-state index contributed by atoms with van der Waals surface area (Å²) in [6, 6.07) is -1.76. The molecule has 12 amide bonds. The molecule has 2 aliphatic heterocycles. The number of ether oxygens (including phenoxy) is 1. The first-order valence-electron chi connectivity index (χ1n) is 36.2. The average molecular weight is 1480 g/mol. The third-order valence-electron chi connectivity index (χ3n) is 19.6. The third-order valence-corrected chi connectivity index (χ3v) is 19.8. The van der Waals surface area contributed by atoms with Gasteiger partial charge in [0.25, 0.3) is 0 Å². The van der Waals surface area contributed by atoms with Gasteiger partial charge in [-0.25, -0.2) is 0 Å². The van der Waals surface area contributed by atoms with Crippen molar-refractivity contribution < 1.29 is 77.7 Å². The fourth-order valence-electron chi connectivity index (χ4n) is 13.0. The van der Waals surface area contributed by atoms with Gasteiger partial charge >= 0.3 is 0 Å². The van der Waals surface area contributed by atoms with Crippen LogP contribution in [0, 0.1) is 29.6 Å². The van der Waals surface area contributed by atoms with Gasteiger partial charge in [0.05, 0.1) is 32.7 Å². The van der Waals surface area contributed by atoms with Crippen LogP contribution in [0.4, 0.5) is 0 Å². The number of carbonyl (C=O) groups excluding carboxylic acids is 12. The molecule has 582 valence electrons. The molecule has 2 heterocycles. The zero-order valence-corrected chi connectivity index (χ0v) is 65.2. The zero-order chi connectivity index (χ0) is 78.5.